The van der Waals surface area contributed by atoms with E-state index < -0.39 is 0 Å². The summed E-state index contributed by atoms with van der Waals surface area (Å²) in [4.78, 5) is 16.8. The summed E-state index contributed by atoms with van der Waals surface area (Å²) < 4.78 is 2.64. The minimum Gasteiger partial charge on any atom is -0.397 e. The topological polar surface area (TPSA) is 80.3 Å². The lowest BCUT2D eigenvalue weighted by molar-refractivity contribution is 0.0746. The molecule has 1 aliphatic heterocycles. The lowest BCUT2D eigenvalue weighted by Crippen LogP contribution is -2.49. The number of aromatic nitrogens is 3. The van der Waals surface area contributed by atoms with Gasteiger partial charge in [-0.3, -0.25) is 9.36 Å². The zero-order valence-electron chi connectivity index (χ0n) is 14.6. The smallest absolute Gasteiger partial charge is 0.255 e. The van der Waals surface area contributed by atoms with Crippen molar-refractivity contribution in [1.82, 2.24) is 19.7 Å². The van der Waals surface area contributed by atoms with Gasteiger partial charge in [0.05, 0.1) is 22.6 Å². The zero-order chi connectivity index (χ0) is 18.8. The molecule has 0 bridgehead atoms. The number of carbonyl (C=O) groups excluding carboxylic acids is 1. The third kappa shape index (κ3) is 3.52. The van der Waals surface area contributed by atoms with E-state index in [1.54, 1.807) is 12.7 Å². The van der Waals surface area contributed by atoms with E-state index in [0.717, 1.165) is 28.9 Å². The van der Waals surface area contributed by atoms with E-state index in [1.807, 2.05) is 51.9 Å². The van der Waals surface area contributed by atoms with Gasteiger partial charge < -0.3 is 15.5 Å². The monoisotopic (exact) mass is 426 g/mol. The predicted molar refractivity (Wildman–Crippen MR) is 108 cm³/mol. The summed E-state index contributed by atoms with van der Waals surface area (Å²) in [7, 11) is 0. The van der Waals surface area contributed by atoms with Crippen molar-refractivity contribution in [2.75, 3.05) is 36.8 Å². The number of hydrogen-bond acceptors (Lipinski definition) is 5. The molecule has 2 aromatic carbocycles. The second-order valence-corrected chi connectivity index (χ2v) is 7.23. The summed E-state index contributed by atoms with van der Waals surface area (Å²) in [6.07, 6.45) is 3.28. The Morgan fingerprint density at radius 1 is 1.00 bits per heavy atom. The molecule has 3 aromatic rings. The lowest BCUT2D eigenvalue weighted by atomic mass is 10.1. The van der Waals surface area contributed by atoms with E-state index in [1.165, 1.54) is 0 Å². The Morgan fingerprint density at radius 3 is 2.37 bits per heavy atom. The highest BCUT2D eigenvalue weighted by Crippen LogP contribution is 2.27. The molecule has 2 N–H and O–H groups in total. The Hall–Kier alpha value is -2.87. The zero-order valence-corrected chi connectivity index (χ0v) is 16.2. The number of amides is 1. The van der Waals surface area contributed by atoms with Crippen LogP contribution in [0.5, 0.6) is 0 Å². The molecular weight excluding hydrogens is 408 g/mol. The van der Waals surface area contributed by atoms with Crippen LogP contribution in [-0.2, 0) is 0 Å². The van der Waals surface area contributed by atoms with Gasteiger partial charge in [-0.25, -0.2) is 0 Å². The summed E-state index contributed by atoms with van der Waals surface area (Å²) >= 11 is 3.46. The van der Waals surface area contributed by atoms with E-state index in [9.17, 15) is 4.79 Å². The van der Waals surface area contributed by atoms with Crippen LogP contribution in [0.4, 0.5) is 11.4 Å². The van der Waals surface area contributed by atoms with Gasteiger partial charge in [-0.05, 0) is 46.3 Å². The van der Waals surface area contributed by atoms with Crippen LogP contribution in [0.15, 0.2) is 59.6 Å². The number of benzene rings is 2. The van der Waals surface area contributed by atoms with Gasteiger partial charge in [-0.2, -0.15) is 0 Å². The molecule has 1 fully saturated rings. The number of piperazine rings is 1. The van der Waals surface area contributed by atoms with Crippen molar-refractivity contribution >= 4 is 33.2 Å². The molecule has 1 aromatic heterocycles. The van der Waals surface area contributed by atoms with Crippen molar-refractivity contribution < 1.29 is 4.79 Å². The van der Waals surface area contributed by atoms with Gasteiger partial charge in [0, 0.05) is 30.7 Å². The number of halogens is 1. The number of anilines is 2. The Morgan fingerprint density at radius 2 is 1.70 bits per heavy atom. The molecule has 0 atom stereocenters. The third-order valence-corrected chi connectivity index (χ3v) is 5.43. The van der Waals surface area contributed by atoms with E-state index in [0.29, 0.717) is 24.3 Å². The molecular formula is C19H19BrN6O. The molecule has 1 aliphatic rings. The average molecular weight is 427 g/mol. The number of nitrogens with two attached hydrogens (primary N) is 1. The highest BCUT2D eigenvalue weighted by Gasteiger charge is 2.24. The maximum Gasteiger partial charge on any atom is 0.255 e. The summed E-state index contributed by atoms with van der Waals surface area (Å²) in [6.45, 7) is 2.80. The Bertz CT molecular complexity index is 951. The molecule has 0 saturated carbocycles. The summed E-state index contributed by atoms with van der Waals surface area (Å²) in [6, 6.07) is 13.4. The fourth-order valence-corrected chi connectivity index (χ4v) is 3.73. The van der Waals surface area contributed by atoms with Crippen LogP contribution in [0, 0.1) is 0 Å². The van der Waals surface area contributed by atoms with Crippen molar-refractivity contribution in [2.45, 2.75) is 0 Å². The second kappa shape index (κ2) is 7.40. The Labute approximate surface area is 165 Å². The number of nitrogens with zero attached hydrogens (tertiary/aromatic N) is 5. The van der Waals surface area contributed by atoms with Crippen LogP contribution in [0.1, 0.15) is 10.4 Å². The fourth-order valence-electron chi connectivity index (χ4n) is 3.28. The first kappa shape index (κ1) is 17.5. The van der Waals surface area contributed by atoms with Crippen LogP contribution in [0.3, 0.4) is 0 Å². The van der Waals surface area contributed by atoms with Crippen LogP contribution in [0.25, 0.3) is 5.69 Å². The SMILES string of the molecule is Nc1cc(-n2cnnc2)ccc1N1CCN(C(=O)c2ccccc2Br)CC1. The molecule has 1 saturated heterocycles. The summed E-state index contributed by atoms with van der Waals surface area (Å²) in [5, 5.41) is 7.63. The maximum atomic E-state index is 12.7. The van der Waals surface area contributed by atoms with Crippen LogP contribution in [0.2, 0.25) is 0 Å². The number of hydrogen-bond donors (Lipinski definition) is 1. The molecule has 0 radical (unpaired) electrons. The van der Waals surface area contributed by atoms with Crippen molar-refractivity contribution in [3.8, 4) is 5.69 Å². The highest BCUT2D eigenvalue weighted by molar-refractivity contribution is 9.10. The van der Waals surface area contributed by atoms with Gasteiger partial charge >= 0.3 is 0 Å². The van der Waals surface area contributed by atoms with Crippen LogP contribution >= 0.6 is 15.9 Å². The molecule has 7 nitrogen and oxygen atoms in total. The first-order chi connectivity index (χ1) is 13.1. The molecule has 27 heavy (non-hydrogen) atoms. The molecule has 1 amide bonds. The molecule has 4 rings (SSSR count). The summed E-state index contributed by atoms with van der Waals surface area (Å²) in [5.41, 5.74) is 9.59. The number of nitrogen functional groups attached to an aromatic ring is 1. The van der Waals surface area contributed by atoms with E-state index in [2.05, 4.69) is 31.0 Å². The quantitative estimate of drug-likeness (QED) is 0.650. The Balaban J connectivity index is 1.45. The normalized spacial score (nSPS) is 14.4. The fraction of sp³-hybridized carbons (Fsp3) is 0.211. The van der Waals surface area contributed by atoms with Gasteiger partial charge in [-0.15, -0.1) is 10.2 Å². The number of carbonyl (C=O) groups is 1. The van der Waals surface area contributed by atoms with Crippen LogP contribution < -0.4 is 10.6 Å². The van der Waals surface area contributed by atoms with Crippen molar-refractivity contribution in [3.05, 3.63) is 65.2 Å². The first-order valence-electron chi connectivity index (χ1n) is 8.67. The minimum atomic E-state index is 0.0538. The van der Waals surface area contributed by atoms with Crippen molar-refractivity contribution in [1.29, 1.82) is 0 Å². The van der Waals surface area contributed by atoms with E-state index in [-0.39, 0.29) is 5.91 Å². The van der Waals surface area contributed by atoms with Crippen molar-refractivity contribution in [2.24, 2.45) is 0 Å². The summed E-state index contributed by atoms with van der Waals surface area (Å²) in [5.74, 6) is 0.0538. The molecule has 8 heteroatoms. The van der Waals surface area contributed by atoms with E-state index in [4.69, 9.17) is 5.73 Å². The number of rotatable bonds is 3. The third-order valence-electron chi connectivity index (χ3n) is 4.74. The molecule has 0 aliphatic carbocycles. The molecule has 0 unspecified atom stereocenters. The largest absolute Gasteiger partial charge is 0.397 e. The van der Waals surface area contributed by atoms with E-state index >= 15 is 0 Å². The van der Waals surface area contributed by atoms with Crippen LogP contribution in [-0.4, -0.2) is 51.8 Å². The Kier molecular flexibility index (Phi) is 4.81. The average Bonchev–Trinajstić information content (AvgIpc) is 3.23. The highest BCUT2D eigenvalue weighted by atomic mass is 79.9. The standard InChI is InChI=1S/C19H19BrN6O/c20-16-4-2-1-3-15(16)19(27)25-9-7-24(8-10-25)18-6-5-14(11-17(18)21)26-12-22-23-13-26/h1-6,11-13H,7-10,21H2. The molecule has 2 heterocycles. The lowest BCUT2D eigenvalue weighted by Gasteiger charge is -2.36. The molecule has 0 spiro atoms. The minimum absolute atomic E-state index is 0.0538. The maximum absolute atomic E-state index is 12.7. The van der Waals surface area contributed by atoms with Gasteiger partial charge in [0.1, 0.15) is 12.7 Å². The predicted octanol–water partition coefficient (Wildman–Crippen LogP) is 2.57. The first-order valence-corrected chi connectivity index (χ1v) is 9.46. The molecule has 138 valence electrons. The second-order valence-electron chi connectivity index (χ2n) is 6.37. The van der Waals surface area contributed by atoms with Gasteiger partial charge in [-0.1, -0.05) is 12.1 Å². The van der Waals surface area contributed by atoms with Gasteiger partial charge in [0.25, 0.3) is 5.91 Å². The van der Waals surface area contributed by atoms with Gasteiger partial charge in [0.2, 0.25) is 0 Å². The van der Waals surface area contributed by atoms with Crippen molar-refractivity contribution in [3.63, 3.8) is 0 Å². The van der Waals surface area contributed by atoms with Gasteiger partial charge in [0.15, 0.2) is 0 Å².